The lowest BCUT2D eigenvalue weighted by atomic mass is 10.1. The van der Waals surface area contributed by atoms with Gasteiger partial charge in [-0.15, -0.1) is 0 Å². The number of methoxy groups -OCH3 is 1. The molecule has 1 atom stereocenters. The Balaban J connectivity index is 1.50. The molecule has 10 heteroatoms. The molecule has 1 aliphatic rings. The Labute approximate surface area is 167 Å². The molecule has 0 spiro atoms. The highest BCUT2D eigenvalue weighted by Gasteiger charge is 2.23. The van der Waals surface area contributed by atoms with Crippen LogP contribution in [0.4, 0.5) is 19.5 Å². The number of carbonyl (C=O) groups is 1. The second kappa shape index (κ2) is 9.85. The van der Waals surface area contributed by atoms with Gasteiger partial charge in [0, 0.05) is 38.1 Å². The Morgan fingerprint density at radius 2 is 2.10 bits per heavy atom. The van der Waals surface area contributed by atoms with Gasteiger partial charge in [-0.2, -0.15) is 8.78 Å². The fourth-order valence-corrected chi connectivity index (χ4v) is 3.17. The van der Waals surface area contributed by atoms with Crippen LogP contribution in [-0.2, 0) is 6.54 Å². The van der Waals surface area contributed by atoms with Gasteiger partial charge in [-0.3, -0.25) is 0 Å². The Morgan fingerprint density at radius 3 is 2.83 bits per heavy atom. The van der Waals surface area contributed by atoms with E-state index >= 15 is 0 Å². The number of rotatable bonds is 7. The fourth-order valence-electron chi connectivity index (χ4n) is 3.17. The van der Waals surface area contributed by atoms with Crippen molar-refractivity contribution in [1.29, 1.82) is 0 Å². The van der Waals surface area contributed by atoms with Crippen molar-refractivity contribution in [2.45, 2.75) is 32.0 Å². The number of nitrogens with zero attached hydrogens (tertiary/aromatic N) is 3. The molecule has 0 saturated carbocycles. The van der Waals surface area contributed by atoms with Crippen LogP contribution in [0.5, 0.6) is 11.5 Å². The highest BCUT2D eigenvalue weighted by Crippen LogP contribution is 2.29. The molecule has 1 aromatic carbocycles. The van der Waals surface area contributed by atoms with Gasteiger partial charge in [0.25, 0.3) is 0 Å². The van der Waals surface area contributed by atoms with Crippen LogP contribution in [0.1, 0.15) is 18.4 Å². The van der Waals surface area contributed by atoms with Crippen LogP contribution in [0.25, 0.3) is 0 Å². The zero-order valence-corrected chi connectivity index (χ0v) is 16.0. The number of halogens is 2. The molecular formula is C19H23F2N5O3. The molecule has 1 fully saturated rings. The third-order valence-corrected chi connectivity index (χ3v) is 4.49. The average Bonchev–Trinajstić information content (AvgIpc) is 2.73. The molecule has 3 rings (SSSR count). The summed E-state index contributed by atoms with van der Waals surface area (Å²) in [4.78, 5) is 22.8. The molecule has 0 bridgehead atoms. The van der Waals surface area contributed by atoms with E-state index in [1.54, 1.807) is 30.6 Å². The zero-order chi connectivity index (χ0) is 20.6. The van der Waals surface area contributed by atoms with Crippen LogP contribution in [0.3, 0.4) is 0 Å². The smallest absolute Gasteiger partial charge is 0.387 e. The van der Waals surface area contributed by atoms with Crippen molar-refractivity contribution in [3.05, 3.63) is 42.2 Å². The lowest BCUT2D eigenvalue weighted by Gasteiger charge is -2.33. The largest absolute Gasteiger partial charge is 0.493 e. The normalized spacial score (nSPS) is 16.4. The van der Waals surface area contributed by atoms with E-state index in [0.29, 0.717) is 18.1 Å². The molecule has 0 radical (unpaired) electrons. The van der Waals surface area contributed by atoms with Crippen molar-refractivity contribution >= 4 is 12.0 Å². The topological polar surface area (TPSA) is 88.6 Å². The zero-order valence-electron chi connectivity index (χ0n) is 16.0. The number of hydrogen-bond donors (Lipinski definition) is 2. The molecule has 29 heavy (non-hydrogen) atoms. The van der Waals surface area contributed by atoms with E-state index < -0.39 is 6.61 Å². The van der Waals surface area contributed by atoms with Crippen molar-refractivity contribution in [3.8, 4) is 11.5 Å². The summed E-state index contributed by atoms with van der Waals surface area (Å²) in [6, 6.07) is 5.96. The SMILES string of the molecule is COc1cc(CNC(=O)NC2CCCN(c3ncccn3)C2)ccc1OC(F)F. The monoisotopic (exact) mass is 407 g/mol. The molecule has 2 aromatic rings. The van der Waals surface area contributed by atoms with Crippen molar-refractivity contribution in [2.24, 2.45) is 0 Å². The van der Waals surface area contributed by atoms with Crippen LogP contribution >= 0.6 is 0 Å². The quantitative estimate of drug-likeness (QED) is 0.733. The van der Waals surface area contributed by atoms with Gasteiger partial charge in [0.15, 0.2) is 11.5 Å². The van der Waals surface area contributed by atoms with Gasteiger partial charge < -0.3 is 25.0 Å². The van der Waals surface area contributed by atoms with E-state index in [4.69, 9.17) is 4.74 Å². The molecule has 2 amide bonds. The number of alkyl halides is 2. The van der Waals surface area contributed by atoms with Crippen molar-refractivity contribution in [2.75, 3.05) is 25.1 Å². The number of piperidine rings is 1. The van der Waals surface area contributed by atoms with Crippen molar-refractivity contribution in [3.63, 3.8) is 0 Å². The third-order valence-electron chi connectivity index (χ3n) is 4.49. The molecule has 8 nitrogen and oxygen atoms in total. The molecule has 2 heterocycles. The predicted octanol–water partition coefficient (Wildman–Crippen LogP) is 2.55. The first kappa shape index (κ1) is 20.6. The van der Waals surface area contributed by atoms with Gasteiger partial charge in [-0.1, -0.05) is 6.07 Å². The number of hydrogen-bond acceptors (Lipinski definition) is 6. The minimum Gasteiger partial charge on any atom is -0.493 e. The number of aromatic nitrogens is 2. The van der Waals surface area contributed by atoms with Crippen LogP contribution < -0.4 is 25.0 Å². The molecule has 1 saturated heterocycles. The minimum absolute atomic E-state index is 0.0242. The molecular weight excluding hydrogens is 384 g/mol. The van der Waals surface area contributed by atoms with E-state index in [0.717, 1.165) is 19.4 Å². The van der Waals surface area contributed by atoms with E-state index in [2.05, 4.69) is 25.3 Å². The highest BCUT2D eigenvalue weighted by atomic mass is 19.3. The number of amides is 2. The number of anilines is 1. The summed E-state index contributed by atoms with van der Waals surface area (Å²) in [5, 5.41) is 5.72. The number of urea groups is 1. The Kier molecular flexibility index (Phi) is 6.99. The maximum atomic E-state index is 12.4. The minimum atomic E-state index is -2.94. The van der Waals surface area contributed by atoms with Crippen molar-refractivity contribution in [1.82, 2.24) is 20.6 Å². The summed E-state index contributed by atoms with van der Waals surface area (Å²) in [6.07, 6.45) is 5.17. The van der Waals surface area contributed by atoms with Crippen LogP contribution in [-0.4, -0.2) is 48.9 Å². The lowest BCUT2D eigenvalue weighted by molar-refractivity contribution is -0.0512. The molecule has 156 valence electrons. The molecule has 1 aliphatic heterocycles. The Bertz CT molecular complexity index is 810. The standard InChI is InChI=1S/C19H23F2N5O3/c1-28-16-10-13(5-6-15(16)29-17(20)21)11-24-19(27)25-14-4-2-9-26(12-14)18-22-7-3-8-23-18/h3,5-8,10,14,17H,2,4,9,11-12H2,1H3,(H2,24,25,27). The van der Waals surface area contributed by atoms with Gasteiger partial charge in [-0.25, -0.2) is 14.8 Å². The van der Waals surface area contributed by atoms with Crippen LogP contribution in [0.15, 0.2) is 36.7 Å². The molecule has 0 aliphatic carbocycles. The number of carbonyl (C=O) groups excluding carboxylic acids is 1. The number of nitrogens with one attached hydrogen (secondary N) is 2. The molecule has 2 N–H and O–H groups in total. The first-order chi connectivity index (χ1) is 14.0. The van der Waals surface area contributed by atoms with Gasteiger partial charge in [0.05, 0.1) is 7.11 Å². The average molecular weight is 407 g/mol. The van der Waals surface area contributed by atoms with Gasteiger partial charge >= 0.3 is 12.6 Å². The maximum Gasteiger partial charge on any atom is 0.387 e. The molecule has 1 aromatic heterocycles. The molecule has 1 unspecified atom stereocenters. The number of benzene rings is 1. The number of ether oxygens (including phenoxy) is 2. The fraction of sp³-hybridized carbons (Fsp3) is 0.421. The second-order valence-electron chi connectivity index (χ2n) is 6.52. The predicted molar refractivity (Wildman–Crippen MR) is 102 cm³/mol. The summed E-state index contributed by atoms with van der Waals surface area (Å²) >= 11 is 0. The van der Waals surface area contributed by atoms with E-state index in [-0.39, 0.29) is 30.1 Å². The van der Waals surface area contributed by atoms with Crippen LogP contribution in [0, 0.1) is 0 Å². The Morgan fingerprint density at radius 1 is 1.31 bits per heavy atom. The summed E-state index contributed by atoms with van der Waals surface area (Å²) in [6.45, 7) is -1.24. The first-order valence-corrected chi connectivity index (χ1v) is 9.23. The van der Waals surface area contributed by atoms with Gasteiger partial charge in [0.1, 0.15) is 0 Å². The van der Waals surface area contributed by atoms with E-state index in [1.807, 2.05) is 4.90 Å². The van der Waals surface area contributed by atoms with Crippen LogP contribution in [0.2, 0.25) is 0 Å². The van der Waals surface area contributed by atoms with Gasteiger partial charge in [0.2, 0.25) is 5.95 Å². The van der Waals surface area contributed by atoms with Gasteiger partial charge in [-0.05, 0) is 36.6 Å². The van der Waals surface area contributed by atoms with E-state index in [1.165, 1.54) is 13.2 Å². The second-order valence-corrected chi connectivity index (χ2v) is 6.52. The maximum absolute atomic E-state index is 12.4. The highest BCUT2D eigenvalue weighted by molar-refractivity contribution is 5.74. The summed E-state index contributed by atoms with van der Waals surface area (Å²) in [5.41, 5.74) is 0.696. The lowest BCUT2D eigenvalue weighted by Crippen LogP contribution is -2.50. The summed E-state index contributed by atoms with van der Waals surface area (Å²) in [5.74, 6) is 0.773. The third kappa shape index (κ3) is 5.90. The summed E-state index contributed by atoms with van der Waals surface area (Å²) < 4.78 is 34.2. The summed E-state index contributed by atoms with van der Waals surface area (Å²) in [7, 11) is 1.36. The first-order valence-electron chi connectivity index (χ1n) is 9.23. The van der Waals surface area contributed by atoms with E-state index in [9.17, 15) is 13.6 Å². The Hall–Kier alpha value is -3.17. The van der Waals surface area contributed by atoms with Crippen molar-refractivity contribution < 1.29 is 23.0 Å².